The predicted octanol–water partition coefficient (Wildman–Crippen LogP) is 2.05. The number of carbonyl (C=O) groups is 1. The number of hydrogen-bond donors (Lipinski definition) is 1. The monoisotopic (exact) mass is 266 g/mol. The molecular formula is C13H18N2O2S. The highest BCUT2D eigenvalue weighted by Crippen LogP contribution is 2.11. The summed E-state index contributed by atoms with van der Waals surface area (Å²) in [5, 5.41) is 3.17. The third-order valence-electron chi connectivity index (χ3n) is 2.62. The quantitative estimate of drug-likeness (QED) is 0.847. The number of thiocarbonyl (C=S) groups is 1. The van der Waals surface area contributed by atoms with E-state index < -0.39 is 0 Å². The van der Waals surface area contributed by atoms with Gasteiger partial charge >= 0.3 is 0 Å². The molecule has 0 bridgehead atoms. The summed E-state index contributed by atoms with van der Waals surface area (Å²) < 4.78 is 5.04. The Morgan fingerprint density at radius 1 is 1.28 bits per heavy atom. The highest BCUT2D eigenvalue weighted by Gasteiger charge is 2.11. The summed E-state index contributed by atoms with van der Waals surface area (Å²) in [6.45, 7) is 5.54. The molecule has 0 aliphatic rings. The summed E-state index contributed by atoms with van der Waals surface area (Å²) in [6, 6.07) is 6.91. The molecule has 1 aromatic carbocycles. The van der Waals surface area contributed by atoms with Crippen molar-refractivity contribution in [2.24, 2.45) is 0 Å². The number of ether oxygens (including phenoxy) is 1. The van der Waals surface area contributed by atoms with Crippen LogP contribution in [0.3, 0.4) is 0 Å². The normalized spacial score (nSPS) is 9.72. The lowest BCUT2D eigenvalue weighted by Gasteiger charge is -2.21. The average Bonchev–Trinajstić information content (AvgIpc) is 2.40. The molecule has 1 rings (SSSR count). The van der Waals surface area contributed by atoms with Gasteiger partial charge in [0.1, 0.15) is 5.75 Å². The summed E-state index contributed by atoms with van der Waals surface area (Å²) >= 11 is 5.17. The van der Waals surface area contributed by atoms with Crippen LogP contribution >= 0.6 is 12.2 Å². The van der Waals surface area contributed by atoms with Crippen molar-refractivity contribution in [3.05, 3.63) is 29.8 Å². The van der Waals surface area contributed by atoms with Crippen molar-refractivity contribution < 1.29 is 9.53 Å². The summed E-state index contributed by atoms with van der Waals surface area (Å²) in [6.07, 6.45) is 0. The molecule has 4 nitrogen and oxygen atoms in total. The van der Waals surface area contributed by atoms with Crippen LogP contribution in [0.2, 0.25) is 0 Å². The van der Waals surface area contributed by atoms with Crippen LogP contribution in [0.4, 0.5) is 0 Å². The van der Waals surface area contributed by atoms with Crippen molar-refractivity contribution in [1.29, 1.82) is 0 Å². The van der Waals surface area contributed by atoms with E-state index in [9.17, 15) is 4.79 Å². The number of nitrogens with zero attached hydrogens (tertiary/aromatic N) is 1. The van der Waals surface area contributed by atoms with Crippen LogP contribution in [0.15, 0.2) is 24.3 Å². The first-order chi connectivity index (χ1) is 8.62. The van der Waals surface area contributed by atoms with E-state index in [0.29, 0.717) is 10.7 Å². The zero-order valence-corrected chi connectivity index (χ0v) is 11.7. The standard InChI is InChI=1S/C13H18N2O2S/c1-4-15(5-2)13(18)14-12(16)10-6-8-11(17-3)9-7-10/h6-9H,4-5H2,1-3H3,(H,14,16,18). The van der Waals surface area contributed by atoms with Crippen molar-refractivity contribution in [2.75, 3.05) is 20.2 Å². The van der Waals surface area contributed by atoms with Crippen LogP contribution in [0.25, 0.3) is 0 Å². The van der Waals surface area contributed by atoms with Crippen molar-refractivity contribution in [3.63, 3.8) is 0 Å². The average molecular weight is 266 g/mol. The molecule has 0 heterocycles. The Morgan fingerprint density at radius 3 is 2.28 bits per heavy atom. The first-order valence-electron chi connectivity index (χ1n) is 5.86. The van der Waals surface area contributed by atoms with Gasteiger partial charge in [-0.25, -0.2) is 0 Å². The van der Waals surface area contributed by atoms with E-state index in [-0.39, 0.29) is 5.91 Å². The summed E-state index contributed by atoms with van der Waals surface area (Å²) in [7, 11) is 1.59. The third-order valence-corrected chi connectivity index (χ3v) is 2.98. The van der Waals surface area contributed by atoms with Crippen molar-refractivity contribution in [2.45, 2.75) is 13.8 Å². The number of benzene rings is 1. The molecule has 1 N–H and O–H groups in total. The molecule has 0 saturated carbocycles. The van der Waals surface area contributed by atoms with Gasteiger partial charge in [-0.1, -0.05) is 0 Å². The molecule has 0 aromatic heterocycles. The maximum Gasteiger partial charge on any atom is 0.257 e. The fraction of sp³-hybridized carbons (Fsp3) is 0.385. The highest BCUT2D eigenvalue weighted by molar-refractivity contribution is 7.80. The fourth-order valence-electron chi connectivity index (χ4n) is 1.50. The fourth-order valence-corrected chi connectivity index (χ4v) is 1.85. The summed E-state index contributed by atoms with van der Waals surface area (Å²) in [5.41, 5.74) is 0.560. The molecule has 0 radical (unpaired) electrons. The van der Waals surface area contributed by atoms with Crippen molar-refractivity contribution in [1.82, 2.24) is 10.2 Å². The molecule has 0 fully saturated rings. The maximum absolute atomic E-state index is 11.9. The number of hydrogen-bond acceptors (Lipinski definition) is 3. The summed E-state index contributed by atoms with van der Waals surface area (Å²) in [5.74, 6) is 0.521. The van der Waals surface area contributed by atoms with Gasteiger partial charge in [0.15, 0.2) is 5.11 Å². The zero-order chi connectivity index (χ0) is 13.5. The van der Waals surface area contributed by atoms with E-state index in [2.05, 4.69) is 5.32 Å². The lowest BCUT2D eigenvalue weighted by atomic mass is 10.2. The number of methoxy groups -OCH3 is 1. The topological polar surface area (TPSA) is 41.6 Å². The number of nitrogens with one attached hydrogen (secondary N) is 1. The first-order valence-corrected chi connectivity index (χ1v) is 6.27. The molecule has 0 aliphatic heterocycles. The largest absolute Gasteiger partial charge is 0.497 e. The van der Waals surface area contributed by atoms with E-state index in [4.69, 9.17) is 17.0 Å². The van der Waals surface area contributed by atoms with Gasteiger partial charge in [-0.3, -0.25) is 10.1 Å². The second-order valence-electron chi connectivity index (χ2n) is 3.66. The second-order valence-corrected chi connectivity index (χ2v) is 4.05. The van der Waals surface area contributed by atoms with Gasteiger partial charge in [0.05, 0.1) is 7.11 Å². The van der Waals surface area contributed by atoms with Gasteiger partial charge in [-0.05, 0) is 50.3 Å². The molecule has 0 atom stereocenters. The van der Waals surface area contributed by atoms with Crippen LogP contribution in [0.5, 0.6) is 5.75 Å². The van der Waals surface area contributed by atoms with E-state index in [1.807, 2.05) is 18.7 Å². The molecule has 0 aliphatic carbocycles. The molecule has 18 heavy (non-hydrogen) atoms. The second kappa shape index (κ2) is 6.96. The molecular weight excluding hydrogens is 248 g/mol. The molecule has 0 saturated heterocycles. The Kier molecular flexibility index (Phi) is 5.58. The SMILES string of the molecule is CCN(CC)C(=S)NC(=O)c1ccc(OC)cc1. The van der Waals surface area contributed by atoms with Crippen LogP contribution in [-0.2, 0) is 0 Å². The lowest BCUT2D eigenvalue weighted by Crippen LogP contribution is -2.42. The highest BCUT2D eigenvalue weighted by atomic mass is 32.1. The van der Waals surface area contributed by atoms with E-state index >= 15 is 0 Å². The van der Waals surface area contributed by atoms with Gasteiger partial charge in [0.25, 0.3) is 5.91 Å². The first kappa shape index (κ1) is 14.4. The minimum absolute atomic E-state index is 0.199. The van der Waals surface area contributed by atoms with Crippen LogP contribution in [0, 0.1) is 0 Å². The zero-order valence-electron chi connectivity index (χ0n) is 10.9. The van der Waals surface area contributed by atoms with Crippen molar-refractivity contribution in [3.8, 4) is 5.75 Å². The smallest absolute Gasteiger partial charge is 0.257 e. The minimum Gasteiger partial charge on any atom is -0.497 e. The minimum atomic E-state index is -0.199. The van der Waals surface area contributed by atoms with E-state index in [1.54, 1.807) is 31.4 Å². The van der Waals surface area contributed by atoms with Crippen LogP contribution in [-0.4, -0.2) is 36.1 Å². The predicted molar refractivity (Wildman–Crippen MR) is 76.0 cm³/mol. The Hall–Kier alpha value is -1.62. The van der Waals surface area contributed by atoms with Gasteiger partial charge < -0.3 is 9.64 Å². The molecule has 0 spiro atoms. The van der Waals surface area contributed by atoms with Crippen LogP contribution in [0.1, 0.15) is 24.2 Å². The molecule has 5 heteroatoms. The molecule has 98 valence electrons. The Labute approximate surface area is 113 Å². The number of amides is 1. The summed E-state index contributed by atoms with van der Waals surface area (Å²) in [4.78, 5) is 13.8. The van der Waals surface area contributed by atoms with Gasteiger partial charge in [0, 0.05) is 18.7 Å². The third kappa shape index (κ3) is 3.70. The Balaban J connectivity index is 2.67. The Morgan fingerprint density at radius 2 is 1.83 bits per heavy atom. The van der Waals surface area contributed by atoms with Gasteiger partial charge in [0.2, 0.25) is 0 Å². The van der Waals surface area contributed by atoms with E-state index in [0.717, 1.165) is 18.8 Å². The Bertz CT molecular complexity index is 414. The molecule has 1 aromatic rings. The lowest BCUT2D eigenvalue weighted by molar-refractivity contribution is 0.0973. The van der Waals surface area contributed by atoms with E-state index in [1.165, 1.54) is 0 Å². The van der Waals surface area contributed by atoms with Gasteiger partial charge in [-0.15, -0.1) is 0 Å². The molecule has 0 unspecified atom stereocenters. The maximum atomic E-state index is 11.9. The van der Waals surface area contributed by atoms with Crippen LogP contribution < -0.4 is 10.1 Å². The number of carbonyl (C=O) groups excluding carboxylic acids is 1. The van der Waals surface area contributed by atoms with Crippen molar-refractivity contribution >= 4 is 23.2 Å². The molecule has 1 amide bonds. The van der Waals surface area contributed by atoms with Gasteiger partial charge in [-0.2, -0.15) is 0 Å². The number of rotatable bonds is 4.